The Morgan fingerprint density at radius 2 is 1.67 bits per heavy atom. The van der Waals surface area contributed by atoms with Gasteiger partial charge in [-0.1, -0.05) is 13.3 Å². The van der Waals surface area contributed by atoms with Crippen molar-refractivity contribution in [2.75, 3.05) is 23.7 Å². The van der Waals surface area contributed by atoms with Gasteiger partial charge in [-0.05, 0) is 68.1 Å². The number of hydrogen-bond donors (Lipinski definition) is 1. The third kappa shape index (κ3) is 5.26. The van der Waals surface area contributed by atoms with E-state index in [1.54, 1.807) is 67.2 Å². The van der Waals surface area contributed by atoms with Gasteiger partial charge in [0, 0.05) is 23.5 Å². The number of nitrogens with zero attached hydrogens (tertiary/aromatic N) is 1. The predicted octanol–water partition coefficient (Wildman–Crippen LogP) is 4.15. The number of carbonyl (C=O) groups is 1. The number of nitrogens with one attached hydrogen (secondary N) is 1. The summed E-state index contributed by atoms with van der Waals surface area (Å²) < 4.78 is 27.3. The number of unbranched alkanes of at least 4 members (excludes halogenated alkanes) is 1. The van der Waals surface area contributed by atoms with Crippen molar-refractivity contribution < 1.29 is 13.2 Å². The molecule has 7 heteroatoms. The molecule has 0 unspecified atom stereocenters. The van der Waals surface area contributed by atoms with Gasteiger partial charge < -0.3 is 5.32 Å². The largest absolute Gasteiger partial charge is 0.352 e. The topological polar surface area (TPSA) is 66.5 Å². The maximum absolute atomic E-state index is 13.0. The first-order valence-electron chi connectivity index (χ1n) is 8.99. The molecule has 2 aromatic rings. The number of thioether (sulfide) groups is 1. The maximum atomic E-state index is 13.0. The van der Waals surface area contributed by atoms with Crippen LogP contribution in [0.4, 0.5) is 5.69 Å². The summed E-state index contributed by atoms with van der Waals surface area (Å²) >= 11 is 1.56. The average molecular weight is 407 g/mol. The lowest BCUT2D eigenvalue weighted by Crippen LogP contribution is -2.31. The van der Waals surface area contributed by atoms with Crippen LogP contribution < -0.4 is 9.62 Å². The fourth-order valence-corrected chi connectivity index (χ4v) is 4.51. The normalized spacial score (nSPS) is 11.2. The first-order chi connectivity index (χ1) is 12.9. The lowest BCUT2D eigenvalue weighted by atomic mass is 10.2. The zero-order chi connectivity index (χ0) is 19.9. The summed E-state index contributed by atoms with van der Waals surface area (Å²) in [6.45, 7) is 4.79. The second kappa shape index (κ2) is 9.80. The van der Waals surface area contributed by atoms with Gasteiger partial charge in [-0.3, -0.25) is 9.10 Å². The molecule has 0 atom stereocenters. The van der Waals surface area contributed by atoms with Gasteiger partial charge in [0.25, 0.3) is 15.9 Å². The molecule has 2 aromatic carbocycles. The Kier molecular flexibility index (Phi) is 7.74. The molecule has 27 heavy (non-hydrogen) atoms. The van der Waals surface area contributed by atoms with Crippen LogP contribution in [0, 0.1) is 0 Å². The summed E-state index contributed by atoms with van der Waals surface area (Å²) in [5, 5.41) is 2.86. The molecule has 1 amide bonds. The fraction of sp³-hybridized carbons (Fsp3) is 0.350. The van der Waals surface area contributed by atoms with Gasteiger partial charge in [0.15, 0.2) is 0 Å². The van der Waals surface area contributed by atoms with Crippen LogP contribution in [0.25, 0.3) is 0 Å². The highest BCUT2D eigenvalue weighted by atomic mass is 32.2. The molecule has 0 saturated heterocycles. The third-order valence-electron chi connectivity index (χ3n) is 4.17. The van der Waals surface area contributed by atoms with Gasteiger partial charge in [-0.25, -0.2) is 8.42 Å². The van der Waals surface area contributed by atoms with Crippen LogP contribution in [0.1, 0.15) is 37.0 Å². The Labute approximate surface area is 166 Å². The number of anilines is 1. The minimum absolute atomic E-state index is 0.145. The van der Waals surface area contributed by atoms with E-state index in [0.717, 1.165) is 17.7 Å². The van der Waals surface area contributed by atoms with Crippen molar-refractivity contribution >= 4 is 33.4 Å². The molecule has 0 aromatic heterocycles. The minimum Gasteiger partial charge on any atom is -0.352 e. The molecule has 0 spiro atoms. The summed E-state index contributed by atoms with van der Waals surface area (Å²) in [5.74, 6) is -0.145. The number of sulfonamides is 1. The van der Waals surface area contributed by atoms with Crippen molar-refractivity contribution in [3.8, 4) is 0 Å². The highest BCUT2D eigenvalue weighted by Crippen LogP contribution is 2.25. The lowest BCUT2D eigenvalue weighted by molar-refractivity contribution is 0.0953. The smallest absolute Gasteiger partial charge is 0.264 e. The van der Waals surface area contributed by atoms with Crippen LogP contribution in [0.5, 0.6) is 0 Å². The van der Waals surface area contributed by atoms with Crippen LogP contribution in [-0.4, -0.2) is 33.7 Å². The molecule has 0 aliphatic carbocycles. The monoisotopic (exact) mass is 406 g/mol. The summed E-state index contributed by atoms with van der Waals surface area (Å²) in [6.07, 6.45) is 3.89. The van der Waals surface area contributed by atoms with E-state index >= 15 is 0 Å². The number of hydrogen-bond acceptors (Lipinski definition) is 4. The molecule has 0 heterocycles. The maximum Gasteiger partial charge on any atom is 0.264 e. The first kappa shape index (κ1) is 21.3. The molecule has 2 rings (SSSR count). The van der Waals surface area contributed by atoms with Crippen LogP contribution in [0.2, 0.25) is 0 Å². The summed E-state index contributed by atoms with van der Waals surface area (Å²) in [5.41, 5.74) is 1.06. The van der Waals surface area contributed by atoms with Gasteiger partial charge in [-0.2, -0.15) is 0 Å². The van der Waals surface area contributed by atoms with Crippen molar-refractivity contribution in [3.63, 3.8) is 0 Å². The van der Waals surface area contributed by atoms with E-state index in [1.165, 1.54) is 4.31 Å². The number of rotatable bonds is 9. The van der Waals surface area contributed by atoms with Crippen LogP contribution in [-0.2, 0) is 10.0 Å². The van der Waals surface area contributed by atoms with Crippen molar-refractivity contribution in [1.82, 2.24) is 5.32 Å². The molecular weight excluding hydrogens is 380 g/mol. The molecule has 0 saturated carbocycles. The van der Waals surface area contributed by atoms with E-state index in [-0.39, 0.29) is 10.8 Å². The fourth-order valence-electron chi connectivity index (χ4n) is 2.63. The van der Waals surface area contributed by atoms with Gasteiger partial charge >= 0.3 is 0 Å². The molecule has 146 valence electrons. The van der Waals surface area contributed by atoms with Crippen molar-refractivity contribution in [1.29, 1.82) is 0 Å². The van der Waals surface area contributed by atoms with Gasteiger partial charge in [-0.15, -0.1) is 11.8 Å². The lowest BCUT2D eigenvalue weighted by Gasteiger charge is -2.23. The molecule has 0 aliphatic rings. The summed E-state index contributed by atoms with van der Waals surface area (Å²) in [6, 6.07) is 13.5. The van der Waals surface area contributed by atoms with E-state index in [9.17, 15) is 13.2 Å². The molecular formula is C20H26N2O3S2. The second-order valence-electron chi connectivity index (χ2n) is 6.00. The minimum atomic E-state index is -3.66. The predicted molar refractivity (Wildman–Crippen MR) is 112 cm³/mol. The first-order valence-corrected chi connectivity index (χ1v) is 11.7. The summed E-state index contributed by atoms with van der Waals surface area (Å²) in [7, 11) is -3.66. The quantitative estimate of drug-likeness (QED) is 0.502. The van der Waals surface area contributed by atoms with Gasteiger partial charge in [0.2, 0.25) is 0 Å². The van der Waals surface area contributed by atoms with E-state index in [2.05, 4.69) is 12.2 Å². The number of amides is 1. The van der Waals surface area contributed by atoms with Crippen LogP contribution in [0.15, 0.2) is 58.3 Å². The molecule has 5 nitrogen and oxygen atoms in total. The van der Waals surface area contributed by atoms with E-state index in [0.29, 0.717) is 24.3 Å². The highest BCUT2D eigenvalue weighted by molar-refractivity contribution is 7.98. The van der Waals surface area contributed by atoms with Gasteiger partial charge in [0.1, 0.15) is 0 Å². The summed E-state index contributed by atoms with van der Waals surface area (Å²) in [4.78, 5) is 13.4. The van der Waals surface area contributed by atoms with E-state index < -0.39 is 10.0 Å². The van der Waals surface area contributed by atoms with E-state index in [1.807, 2.05) is 6.26 Å². The Balaban J connectivity index is 2.21. The van der Waals surface area contributed by atoms with Crippen molar-refractivity contribution in [2.24, 2.45) is 0 Å². The number of carbonyl (C=O) groups excluding carboxylic acids is 1. The standard InChI is InChI=1S/C20H26N2O3S2/c1-4-6-15-21-20(23)16-7-9-17(10-8-16)22(5-2)27(24,25)19-13-11-18(26-3)12-14-19/h7-14H,4-6,15H2,1-3H3,(H,21,23). The highest BCUT2D eigenvalue weighted by Gasteiger charge is 2.23. The van der Waals surface area contributed by atoms with Crippen LogP contribution >= 0.6 is 11.8 Å². The van der Waals surface area contributed by atoms with E-state index in [4.69, 9.17) is 0 Å². The van der Waals surface area contributed by atoms with Crippen molar-refractivity contribution in [3.05, 3.63) is 54.1 Å². The Bertz CT molecular complexity index is 848. The third-order valence-corrected chi connectivity index (χ3v) is 6.83. The van der Waals surface area contributed by atoms with Gasteiger partial charge in [0.05, 0.1) is 10.6 Å². The SMILES string of the molecule is CCCCNC(=O)c1ccc(N(CC)S(=O)(=O)c2ccc(SC)cc2)cc1. The second-order valence-corrected chi connectivity index (χ2v) is 8.74. The zero-order valence-electron chi connectivity index (χ0n) is 15.9. The molecule has 0 radical (unpaired) electrons. The zero-order valence-corrected chi connectivity index (χ0v) is 17.6. The molecule has 1 N–H and O–H groups in total. The van der Waals surface area contributed by atoms with Crippen molar-refractivity contribution in [2.45, 2.75) is 36.5 Å². The average Bonchev–Trinajstić information content (AvgIpc) is 2.69. The molecule has 0 fully saturated rings. The Morgan fingerprint density at radius 3 is 2.19 bits per heavy atom. The molecule has 0 bridgehead atoms. The number of benzene rings is 2. The molecule has 0 aliphatic heterocycles. The Hall–Kier alpha value is -1.99. The van der Waals surface area contributed by atoms with Crippen LogP contribution in [0.3, 0.4) is 0 Å². The Morgan fingerprint density at radius 1 is 1.04 bits per heavy atom.